The molecule has 0 aliphatic rings. The minimum Gasteiger partial charge on any atom is -0.508 e. The number of fused-ring (bicyclic) bond motifs is 1. The molecule has 2 aromatic heterocycles. The predicted octanol–water partition coefficient (Wildman–Crippen LogP) is 6.63. The van der Waals surface area contributed by atoms with Crippen LogP contribution in [-0.2, 0) is 6.42 Å². The largest absolute Gasteiger partial charge is 0.508 e. The number of phenolic OH excluding ortho intramolecular Hbond substituents is 1. The molecule has 2 N–H and O–H groups in total. The first-order valence-electron chi connectivity index (χ1n) is 10.3. The SMILES string of the molecule is CCCCCCc1cc2cc(-c3csc(Nc4ccc(F)cc4)n3)c(=O)oc2cc1O. The predicted molar refractivity (Wildman–Crippen MR) is 123 cm³/mol. The van der Waals surface area contributed by atoms with Gasteiger partial charge in [0.25, 0.3) is 0 Å². The van der Waals surface area contributed by atoms with Crippen LogP contribution in [-0.4, -0.2) is 10.1 Å². The van der Waals surface area contributed by atoms with Gasteiger partial charge >= 0.3 is 5.63 Å². The van der Waals surface area contributed by atoms with Crippen LogP contribution >= 0.6 is 11.3 Å². The van der Waals surface area contributed by atoms with E-state index >= 15 is 0 Å². The summed E-state index contributed by atoms with van der Waals surface area (Å²) in [5, 5.41) is 16.5. The van der Waals surface area contributed by atoms with E-state index in [1.807, 2.05) is 6.07 Å². The maximum Gasteiger partial charge on any atom is 0.345 e. The van der Waals surface area contributed by atoms with Crippen molar-refractivity contribution in [2.75, 3.05) is 5.32 Å². The average molecular weight is 439 g/mol. The molecule has 4 aromatic rings. The van der Waals surface area contributed by atoms with E-state index in [2.05, 4.69) is 17.2 Å². The molecule has 0 spiro atoms. The Kier molecular flexibility index (Phi) is 6.32. The van der Waals surface area contributed by atoms with E-state index in [4.69, 9.17) is 4.42 Å². The third-order valence-electron chi connectivity index (χ3n) is 5.11. The Morgan fingerprint density at radius 1 is 1.13 bits per heavy atom. The molecule has 2 heterocycles. The second kappa shape index (κ2) is 9.31. The van der Waals surface area contributed by atoms with E-state index in [1.165, 1.54) is 36.0 Å². The summed E-state index contributed by atoms with van der Waals surface area (Å²) in [6.07, 6.45) is 5.22. The molecule has 0 amide bonds. The average Bonchev–Trinajstić information content (AvgIpc) is 3.21. The highest BCUT2D eigenvalue weighted by molar-refractivity contribution is 7.14. The number of hydrogen-bond acceptors (Lipinski definition) is 6. The Labute approximate surface area is 183 Å². The normalized spacial score (nSPS) is 11.2. The summed E-state index contributed by atoms with van der Waals surface area (Å²) in [6, 6.07) is 11.1. The number of aryl methyl sites for hydroxylation is 1. The van der Waals surface area contributed by atoms with Gasteiger partial charge in [-0.05, 0) is 54.8 Å². The fourth-order valence-electron chi connectivity index (χ4n) is 3.44. The number of unbranched alkanes of at least 4 members (excludes halogenated alkanes) is 3. The fraction of sp³-hybridized carbons (Fsp3) is 0.250. The zero-order valence-electron chi connectivity index (χ0n) is 17.2. The van der Waals surface area contributed by atoms with Crippen LogP contribution in [0.15, 0.2) is 57.1 Å². The number of nitrogens with one attached hydrogen (secondary N) is 1. The van der Waals surface area contributed by atoms with E-state index in [0.29, 0.717) is 27.7 Å². The molecular formula is C24H23FN2O3S. The van der Waals surface area contributed by atoms with E-state index in [0.717, 1.165) is 36.6 Å². The Bertz CT molecular complexity index is 1250. The molecule has 0 saturated carbocycles. The summed E-state index contributed by atoms with van der Waals surface area (Å²) in [5.41, 5.74) is 2.25. The van der Waals surface area contributed by atoms with Gasteiger partial charge in [0.1, 0.15) is 17.1 Å². The second-order valence-corrected chi connectivity index (χ2v) is 8.30. The van der Waals surface area contributed by atoms with Crippen LogP contribution < -0.4 is 10.9 Å². The number of thiazole rings is 1. The molecule has 0 saturated heterocycles. The highest BCUT2D eigenvalue weighted by Gasteiger charge is 2.14. The zero-order valence-corrected chi connectivity index (χ0v) is 18.0. The lowest BCUT2D eigenvalue weighted by Gasteiger charge is -2.07. The maximum atomic E-state index is 13.1. The van der Waals surface area contributed by atoms with E-state index in [9.17, 15) is 14.3 Å². The lowest BCUT2D eigenvalue weighted by molar-refractivity contribution is 0.464. The van der Waals surface area contributed by atoms with Gasteiger partial charge in [-0.2, -0.15) is 0 Å². The molecule has 4 rings (SSSR count). The van der Waals surface area contributed by atoms with Crippen LogP contribution in [0.5, 0.6) is 5.75 Å². The zero-order chi connectivity index (χ0) is 21.8. The monoisotopic (exact) mass is 438 g/mol. The van der Waals surface area contributed by atoms with Crippen molar-refractivity contribution in [1.82, 2.24) is 4.98 Å². The second-order valence-electron chi connectivity index (χ2n) is 7.45. The summed E-state index contributed by atoms with van der Waals surface area (Å²) < 4.78 is 18.5. The number of anilines is 2. The Hall–Kier alpha value is -3.19. The van der Waals surface area contributed by atoms with Crippen LogP contribution in [0, 0.1) is 5.82 Å². The van der Waals surface area contributed by atoms with E-state index in [1.54, 1.807) is 23.6 Å². The molecule has 0 atom stereocenters. The molecule has 0 radical (unpaired) electrons. The molecule has 0 bridgehead atoms. The van der Waals surface area contributed by atoms with Crippen molar-refractivity contribution < 1.29 is 13.9 Å². The topological polar surface area (TPSA) is 75.4 Å². The van der Waals surface area contributed by atoms with Gasteiger partial charge in [-0.25, -0.2) is 14.2 Å². The summed E-state index contributed by atoms with van der Waals surface area (Å²) in [4.78, 5) is 17.0. The molecule has 0 fully saturated rings. The van der Waals surface area contributed by atoms with Crippen molar-refractivity contribution in [2.45, 2.75) is 39.0 Å². The number of hydrogen-bond donors (Lipinski definition) is 2. The number of phenols is 1. The summed E-state index contributed by atoms with van der Waals surface area (Å²) in [7, 11) is 0. The first-order valence-corrected chi connectivity index (χ1v) is 11.2. The van der Waals surface area contributed by atoms with Gasteiger partial charge in [0.2, 0.25) is 0 Å². The molecule has 0 unspecified atom stereocenters. The smallest absolute Gasteiger partial charge is 0.345 e. The van der Waals surface area contributed by atoms with Crippen LogP contribution in [0.2, 0.25) is 0 Å². The van der Waals surface area contributed by atoms with Crippen molar-refractivity contribution in [3.05, 3.63) is 69.6 Å². The van der Waals surface area contributed by atoms with E-state index in [-0.39, 0.29) is 11.6 Å². The minimum absolute atomic E-state index is 0.152. The first kappa shape index (κ1) is 21.1. The van der Waals surface area contributed by atoms with Gasteiger partial charge in [-0.3, -0.25) is 0 Å². The number of aromatic hydroxyl groups is 1. The van der Waals surface area contributed by atoms with Crippen LogP contribution in [0.4, 0.5) is 15.2 Å². The summed E-state index contributed by atoms with van der Waals surface area (Å²) in [5.74, 6) is -0.158. The first-order chi connectivity index (χ1) is 15.0. The molecule has 160 valence electrons. The quantitative estimate of drug-likeness (QED) is 0.239. The maximum absolute atomic E-state index is 13.1. The van der Waals surface area contributed by atoms with Crippen molar-refractivity contribution in [3.63, 3.8) is 0 Å². The number of nitrogens with zero attached hydrogens (tertiary/aromatic N) is 1. The van der Waals surface area contributed by atoms with Gasteiger partial charge in [-0.1, -0.05) is 26.2 Å². The van der Waals surface area contributed by atoms with Crippen LogP contribution in [0.25, 0.3) is 22.2 Å². The lowest BCUT2D eigenvalue weighted by Crippen LogP contribution is -2.03. The fourth-order valence-corrected chi connectivity index (χ4v) is 4.17. The number of rotatable bonds is 8. The van der Waals surface area contributed by atoms with Gasteiger partial charge in [0.15, 0.2) is 5.13 Å². The molecule has 2 aromatic carbocycles. The Morgan fingerprint density at radius 2 is 1.94 bits per heavy atom. The van der Waals surface area contributed by atoms with Gasteiger partial charge < -0.3 is 14.8 Å². The number of aromatic nitrogens is 1. The van der Waals surface area contributed by atoms with Crippen LogP contribution in [0.1, 0.15) is 38.2 Å². The third kappa shape index (κ3) is 4.94. The van der Waals surface area contributed by atoms with Crippen molar-refractivity contribution in [3.8, 4) is 17.0 Å². The van der Waals surface area contributed by atoms with Crippen molar-refractivity contribution in [2.24, 2.45) is 0 Å². The third-order valence-corrected chi connectivity index (χ3v) is 5.87. The summed E-state index contributed by atoms with van der Waals surface area (Å²) >= 11 is 1.34. The molecular weight excluding hydrogens is 415 g/mol. The van der Waals surface area contributed by atoms with Crippen molar-refractivity contribution in [1.29, 1.82) is 0 Å². The molecule has 31 heavy (non-hydrogen) atoms. The molecule has 5 nitrogen and oxygen atoms in total. The standard InChI is InChI=1S/C24H23FN2O3S/c1-2-3-4-5-6-15-11-16-12-19(23(29)30-22(16)13-21(15)28)20-14-31-24(27-20)26-18-9-7-17(25)8-10-18/h7-14,28H,2-6H2,1H3,(H,26,27). The lowest BCUT2D eigenvalue weighted by atomic mass is 10.0. The van der Waals surface area contributed by atoms with E-state index < -0.39 is 5.63 Å². The molecule has 7 heteroatoms. The Balaban J connectivity index is 1.60. The van der Waals surface area contributed by atoms with Crippen LogP contribution in [0.3, 0.4) is 0 Å². The highest BCUT2D eigenvalue weighted by atomic mass is 32.1. The molecule has 0 aliphatic carbocycles. The number of benzene rings is 2. The van der Waals surface area contributed by atoms with Gasteiger partial charge in [0.05, 0.1) is 11.3 Å². The molecule has 0 aliphatic heterocycles. The van der Waals surface area contributed by atoms with Crippen molar-refractivity contribution >= 4 is 33.1 Å². The van der Waals surface area contributed by atoms with Gasteiger partial charge in [0, 0.05) is 22.5 Å². The highest BCUT2D eigenvalue weighted by Crippen LogP contribution is 2.30. The number of halogens is 1. The summed E-state index contributed by atoms with van der Waals surface area (Å²) in [6.45, 7) is 2.16. The minimum atomic E-state index is -0.513. The van der Waals surface area contributed by atoms with Gasteiger partial charge in [-0.15, -0.1) is 11.3 Å². The Morgan fingerprint density at radius 3 is 2.71 bits per heavy atom.